The standard InChI is InChI=1S/C22H38N4OS/c27-22(26-16-12-19-9-4-5-10-20(19)17-26)25-14-6-13-23-21(28)24-15-11-18-7-2-1-3-8-18/h7,19-20H,1-6,8-17H2,(H,25,27)(H2,23,24,28). The van der Waals surface area contributed by atoms with E-state index in [1.165, 1.54) is 57.8 Å². The molecule has 1 saturated carbocycles. The largest absolute Gasteiger partial charge is 0.363 e. The first-order chi connectivity index (χ1) is 13.7. The molecule has 2 aliphatic carbocycles. The van der Waals surface area contributed by atoms with Gasteiger partial charge in [0.25, 0.3) is 0 Å². The lowest BCUT2D eigenvalue weighted by atomic mass is 9.75. The van der Waals surface area contributed by atoms with Crippen LogP contribution in [0.2, 0.25) is 0 Å². The third-order valence-electron chi connectivity index (χ3n) is 6.61. The van der Waals surface area contributed by atoms with Gasteiger partial charge in [-0.05, 0) is 75.4 Å². The number of thiocarbonyl (C=S) groups is 1. The van der Waals surface area contributed by atoms with Crippen molar-refractivity contribution in [3.63, 3.8) is 0 Å². The highest BCUT2D eigenvalue weighted by Gasteiger charge is 2.32. The van der Waals surface area contributed by atoms with Crippen molar-refractivity contribution in [3.8, 4) is 0 Å². The minimum atomic E-state index is 0.116. The Bertz CT molecular complexity index is 551. The zero-order valence-electron chi connectivity index (χ0n) is 17.3. The molecule has 0 bridgehead atoms. The molecule has 2 amide bonds. The number of fused-ring (bicyclic) bond motifs is 1. The first-order valence-corrected chi connectivity index (χ1v) is 11.9. The Morgan fingerprint density at radius 2 is 1.79 bits per heavy atom. The van der Waals surface area contributed by atoms with Crippen LogP contribution in [0.1, 0.15) is 70.6 Å². The van der Waals surface area contributed by atoms with Crippen LogP contribution in [0.25, 0.3) is 0 Å². The molecule has 3 aliphatic rings. The number of hydrogen-bond donors (Lipinski definition) is 3. The smallest absolute Gasteiger partial charge is 0.317 e. The van der Waals surface area contributed by atoms with Crippen LogP contribution in [0, 0.1) is 11.8 Å². The molecule has 0 aromatic carbocycles. The highest BCUT2D eigenvalue weighted by molar-refractivity contribution is 7.80. The van der Waals surface area contributed by atoms with Gasteiger partial charge in [-0.15, -0.1) is 0 Å². The molecule has 0 spiro atoms. The van der Waals surface area contributed by atoms with Gasteiger partial charge in [0.15, 0.2) is 5.11 Å². The summed E-state index contributed by atoms with van der Waals surface area (Å²) in [5.41, 5.74) is 1.57. The Balaban J connectivity index is 1.20. The van der Waals surface area contributed by atoms with Gasteiger partial charge in [-0.1, -0.05) is 30.9 Å². The molecule has 2 unspecified atom stereocenters. The number of nitrogens with one attached hydrogen (secondary N) is 3. The SMILES string of the molecule is O=C(NCCCNC(=S)NCCC1=CCCCC1)N1CCC2CCCCC2C1. The first kappa shape index (κ1) is 21.4. The minimum absolute atomic E-state index is 0.116. The van der Waals surface area contributed by atoms with Crippen LogP contribution in [0.15, 0.2) is 11.6 Å². The second-order valence-electron chi connectivity index (χ2n) is 8.67. The third-order valence-corrected chi connectivity index (χ3v) is 6.90. The van der Waals surface area contributed by atoms with Crippen molar-refractivity contribution in [1.82, 2.24) is 20.9 Å². The van der Waals surface area contributed by atoms with Crippen LogP contribution in [0.5, 0.6) is 0 Å². The van der Waals surface area contributed by atoms with Gasteiger partial charge in [-0.3, -0.25) is 0 Å². The van der Waals surface area contributed by atoms with Gasteiger partial charge in [-0.2, -0.15) is 0 Å². The number of nitrogens with zero attached hydrogens (tertiary/aromatic N) is 1. The lowest BCUT2D eigenvalue weighted by Gasteiger charge is -2.41. The molecule has 1 saturated heterocycles. The lowest BCUT2D eigenvalue weighted by molar-refractivity contribution is 0.102. The van der Waals surface area contributed by atoms with Crippen molar-refractivity contribution in [1.29, 1.82) is 0 Å². The molecule has 6 heteroatoms. The number of carbonyl (C=O) groups is 1. The summed E-state index contributed by atoms with van der Waals surface area (Å²) >= 11 is 5.34. The maximum absolute atomic E-state index is 12.4. The number of urea groups is 1. The Kier molecular flexibility index (Phi) is 8.90. The molecule has 1 aliphatic heterocycles. The van der Waals surface area contributed by atoms with Crippen molar-refractivity contribution < 1.29 is 4.79 Å². The second-order valence-corrected chi connectivity index (χ2v) is 9.07. The second kappa shape index (κ2) is 11.6. The molecule has 3 N–H and O–H groups in total. The van der Waals surface area contributed by atoms with Gasteiger partial charge in [0.05, 0.1) is 0 Å². The maximum Gasteiger partial charge on any atom is 0.317 e. The van der Waals surface area contributed by atoms with Crippen molar-refractivity contribution in [2.24, 2.45) is 11.8 Å². The predicted octanol–water partition coefficient (Wildman–Crippen LogP) is 3.95. The molecule has 28 heavy (non-hydrogen) atoms. The monoisotopic (exact) mass is 406 g/mol. The summed E-state index contributed by atoms with van der Waals surface area (Å²) in [7, 11) is 0. The summed E-state index contributed by atoms with van der Waals surface area (Å²) in [6, 6.07) is 0.116. The van der Waals surface area contributed by atoms with E-state index in [1.54, 1.807) is 5.57 Å². The lowest BCUT2D eigenvalue weighted by Crippen LogP contribution is -2.49. The topological polar surface area (TPSA) is 56.4 Å². The van der Waals surface area contributed by atoms with Gasteiger partial charge in [0.2, 0.25) is 0 Å². The molecule has 0 radical (unpaired) electrons. The van der Waals surface area contributed by atoms with Gasteiger partial charge in [0.1, 0.15) is 0 Å². The maximum atomic E-state index is 12.4. The van der Waals surface area contributed by atoms with E-state index in [0.29, 0.717) is 6.54 Å². The summed E-state index contributed by atoms with van der Waals surface area (Å²) in [6.45, 7) is 4.28. The molecular formula is C22H38N4OS. The van der Waals surface area contributed by atoms with Crippen molar-refractivity contribution >= 4 is 23.4 Å². The first-order valence-electron chi connectivity index (χ1n) is 11.4. The normalized spacial score (nSPS) is 24.7. The number of carbonyl (C=O) groups excluding carboxylic acids is 1. The van der Waals surface area contributed by atoms with E-state index in [9.17, 15) is 4.79 Å². The Labute approximate surface area is 176 Å². The Morgan fingerprint density at radius 3 is 2.61 bits per heavy atom. The van der Waals surface area contributed by atoms with E-state index >= 15 is 0 Å². The van der Waals surface area contributed by atoms with Crippen molar-refractivity contribution in [3.05, 3.63) is 11.6 Å². The highest BCUT2D eigenvalue weighted by Crippen LogP contribution is 2.35. The minimum Gasteiger partial charge on any atom is -0.363 e. The van der Waals surface area contributed by atoms with Crippen LogP contribution in [-0.4, -0.2) is 48.8 Å². The van der Waals surface area contributed by atoms with E-state index in [4.69, 9.17) is 12.2 Å². The van der Waals surface area contributed by atoms with E-state index in [0.717, 1.165) is 56.0 Å². The van der Waals surface area contributed by atoms with Gasteiger partial charge >= 0.3 is 6.03 Å². The van der Waals surface area contributed by atoms with E-state index in [-0.39, 0.29) is 6.03 Å². The number of piperidine rings is 1. The fourth-order valence-electron chi connectivity index (χ4n) is 4.91. The van der Waals surface area contributed by atoms with E-state index in [2.05, 4.69) is 22.0 Å². The summed E-state index contributed by atoms with van der Waals surface area (Å²) in [5, 5.41) is 10.3. The van der Waals surface area contributed by atoms with Crippen LogP contribution in [0.3, 0.4) is 0 Å². The molecule has 5 nitrogen and oxygen atoms in total. The summed E-state index contributed by atoms with van der Waals surface area (Å²) in [4.78, 5) is 14.4. The molecule has 3 rings (SSSR count). The number of hydrogen-bond acceptors (Lipinski definition) is 2. The Hall–Kier alpha value is -1.30. The molecular weight excluding hydrogens is 368 g/mol. The van der Waals surface area contributed by atoms with Crippen LogP contribution in [-0.2, 0) is 0 Å². The molecule has 2 fully saturated rings. The summed E-state index contributed by atoms with van der Waals surface area (Å²) in [5.74, 6) is 1.60. The molecule has 158 valence electrons. The predicted molar refractivity (Wildman–Crippen MR) is 119 cm³/mol. The zero-order valence-corrected chi connectivity index (χ0v) is 18.1. The van der Waals surface area contributed by atoms with Crippen LogP contribution in [0.4, 0.5) is 4.79 Å². The summed E-state index contributed by atoms with van der Waals surface area (Å²) in [6.07, 6.45) is 16.1. The molecule has 0 aromatic rings. The van der Waals surface area contributed by atoms with Gasteiger partial charge in [0, 0.05) is 32.7 Å². The van der Waals surface area contributed by atoms with Crippen LogP contribution >= 0.6 is 12.2 Å². The average molecular weight is 407 g/mol. The fraction of sp³-hybridized carbons (Fsp3) is 0.818. The quantitative estimate of drug-likeness (QED) is 0.340. The molecule has 1 heterocycles. The van der Waals surface area contributed by atoms with Crippen molar-refractivity contribution in [2.75, 3.05) is 32.7 Å². The van der Waals surface area contributed by atoms with Crippen LogP contribution < -0.4 is 16.0 Å². The fourth-order valence-corrected chi connectivity index (χ4v) is 5.12. The van der Waals surface area contributed by atoms with E-state index in [1.807, 2.05) is 4.90 Å². The highest BCUT2D eigenvalue weighted by atomic mass is 32.1. The number of likely N-dealkylation sites (tertiary alicyclic amines) is 1. The Morgan fingerprint density at radius 1 is 1.00 bits per heavy atom. The third kappa shape index (κ3) is 6.94. The van der Waals surface area contributed by atoms with Crippen molar-refractivity contribution in [2.45, 2.75) is 70.6 Å². The van der Waals surface area contributed by atoms with Gasteiger partial charge < -0.3 is 20.9 Å². The number of allylic oxidation sites excluding steroid dienone is 1. The van der Waals surface area contributed by atoms with E-state index < -0.39 is 0 Å². The van der Waals surface area contributed by atoms with Gasteiger partial charge in [-0.25, -0.2) is 4.79 Å². The molecule has 2 atom stereocenters. The summed E-state index contributed by atoms with van der Waals surface area (Å²) < 4.78 is 0. The number of amides is 2. The average Bonchev–Trinajstić information content (AvgIpc) is 2.73. The zero-order chi connectivity index (χ0) is 19.6. The molecule has 0 aromatic heterocycles. The number of rotatable bonds is 7.